The van der Waals surface area contributed by atoms with Crippen LogP contribution < -0.4 is 5.32 Å². The Kier molecular flexibility index (Phi) is 5.11. The lowest BCUT2D eigenvalue weighted by Gasteiger charge is -2.10. The maximum absolute atomic E-state index is 13.3. The largest absolute Gasteiger partial charge is 0.417 e. The number of nitrogens with zero attached hydrogens (tertiary/aromatic N) is 3. The molecule has 1 unspecified atom stereocenters. The van der Waals surface area contributed by atoms with Gasteiger partial charge in [0.25, 0.3) is 0 Å². The molecule has 2 N–H and O–H groups in total. The van der Waals surface area contributed by atoms with Crippen LogP contribution in [0.5, 0.6) is 0 Å². The number of aromatic nitrogens is 4. The number of hydrogen-bond acceptors (Lipinski definition) is 6. The summed E-state index contributed by atoms with van der Waals surface area (Å²) in [5.41, 5.74) is -0.261. The number of hydrogen-bond donors (Lipinski definition) is 2. The average Bonchev–Trinajstić information content (AvgIpc) is 3.30. The van der Waals surface area contributed by atoms with Crippen molar-refractivity contribution < 1.29 is 22.7 Å². The van der Waals surface area contributed by atoms with Crippen molar-refractivity contribution in [3.05, 3.63) is 23.8 Å². The van der Waals surface area contributed by atoms with Crippen LogP contribution >= 0.6 is 11.8 Å². The fraction of sp³-hybridized carbons (Fsp3) is 0.412. The predicted octanol–water partition coefficient (Wildman–Crippen LogP) is 2.91. The van der Waals surface area contributed by atoms with Gasteiger partial charge in [-0.15, -0.1) is 10.2 Å². The van der Waals surface area contributed by atoms with Crippen LogP contribution in [-0.2, 0) is 15.7 Å². The van der Waals surface area contributed by atoms with E-state index >= 15 is 0 Å². The summed E-state index contributed by atoms with van der Waals surface area (Å²) < 4.78 is 45.2. The lowest BCUT2D eigenvalue weighted by molar-refractivity contribution is -0.136. The molecule has 0 saturated carbocycles. The first-order valence-corrected chi connectivity index (χ1v) is 9.64. The number of benzene rings is 1. The Labute approximate surface area is 161 Å². The molecule has 7 nitrogen and oxygen atoms in total. The summed E-state index contributed by atoms with van der Waals surface area (Å²) in [5, 5.41) is 10.7. The van der Waals surface area contributed by atoms with E-state index in [-0.39, 0.29) is 45.0 Å². The monoisotopic (exact) mass is 411 g/mol. The van der Waals surface area contributed by atoms with Gasteiger partial charge in [-0.2, -0.15) is 13.2 Å². The van der Waals surface area contributed by atoms with E-state index in [0.717, 1.165) is 37.3 Å². The molecule has 28 heavy (non-hydrogen) atoms. The number of carbonyl (C=O) groups excluding carboxylic acids is 1. The van der Waals surface area contributed by atoms with E-state index in [1.165, 1.54) is 12.1 Å². The summed E-state index contributed by atoms with van der Waals surface area (Å²) in [6, 6.07) is 3.85. The number of amides is 1. The van der Waals surface area contributed by atoms with Crippen molar-refractivity contribution in [3.8, 4) is 0 Å². The highest BCUT2D eigenvalue weighted by Gasteiger charge is 2.34. The first-order valence-electron chi connectivity index (χ1n) is 8.65. The summed E-state index contributed by atoms with van der Waals surface area (Å²) in [5.74, 6) is -0.117. The molecule has 0 radical (unpaired) electrons. The van der Waals surface area contributed by atoms with Crippen molar-refractivity contribution in [2.45, 2.75) is 30.3 Å². The van der Waals surface area contributed by atoms with Crippen LogP contribution in [0.2, 0.25) is 0 Å². The Hall–Kier alpha value is -2.40. The van der Waals surface area contributed by atoms with Gasteiger partial charge in [0.05, 0.1) is 17.4 Å². The zero-order valence-electron chi connectivity index (χ0n) is 14.5. The van der Waals surface area contributed by atoms with E-state index in [1.807, 2.05) is 0 Å². The third-order valence-corrected chi connectivity index (χ3v) is 5.25. The van der Waals surface area contributed by atoms with Gasteiger partial charge in [-0.25, -0.2) is 4.98 Å². The van der Waals surface area contributed by atoms with Gasteiger partial charge in [-0.05, 0) is 25.0 Å². The molecule has 3 aromatic rings. The normalized spacial score (nSPS) is 17.5. The maximum Gasteiger partial charge on any atom is 0.417 e. The highest BCUT2D eigenvalue weighted by Crippen LogP contribution is 2.37. The van der Waals surface area contributed by atoms with Crippen molar-refractivity contribution in [2.75, 3.05) is 18.9 Å². The minimum atomic E-state index is -4.51. The van der Waals surface area contributed by atoms with Crippen LogP contribution in [0.25, 0.3) is 22.1 Å². The molecule has 1 aromatic carbocycles. The van der Waals surface area contributed by atoms with Crippen molar-refractivity contribution in [1.82, 2.24) is 25.5 Å². The molecule has 1 amide bonds. The summed E-state index contributed by atoms with van der Waals surface area (Å²) in [6.45, 7) is 1.18. The van der Waals surface area contributed by atoms with Crippen LogP contribution in [-0.4, -0.2) is 51.1 Å². The molecule has 11 heteroatoms. The number of nitrogens with one attached hydrogen (secondary N) is 2. The van der Waals surface area contributed by atoms with Gasteiger partial charge in [0, 0.05) is 24.1 Å². The molecule has 0 aliphatic carbocycles. The van der Waals surface area contributed by atoms with Gasteiger partial charge in [0.2, 0.25) is 11.1 Å². The number of alkyl halides is 3. The molecule has 0 bridgehead atoms. The lowest BCUT2D eigenvalue weighted by atomic mass is 10.1. The third kappa shape index (κ3) is 3.90. The maximum atomic E-state index is 13.3. The van der Waals surface area contributed by atoms with Crippen LogP contribution in [0.1, 0.15) is 18.4 Å². The zero-order chi connectivity index (χ0) is 19.7. The minimum absolute atomic E-state index is 0.0510. The molecule has 4 rings (SSSR count). The second-order valence-electron chi connectivity index (χ2n) is 6.37. The zero-order valence-corrected chi connectivity index (χ0v) is 15.4. The van der Waals surface area contributed by atoms with Gasteiger partial charge < -0.3 is 15.0 Å². The van der Waals surface area contributed by atoms with E-state index in [0.29, 0.717) is 6.54 Å². The molecule has 1 atom stereocenters. The lowest BCUT2D eigenvalue weighted by Crippen LogP contribution is -2.32. The Morgan fingerprint density at radius 1 is 1.36 bits per heavy atom. The second-order valence-corrected chi connectivity index (χ2v) is 7.31. The van der Waals surface area contributed by atoms with Crippen molar-refractivity contribution in [2.24, 2.45) is 0 Å². The topological polar surface area (TPSA) is 92.8 Å². The number of rotatable bonds is 5. The second kappa shape index (κ2) is 7.55. The van der Waals surface area contributed by atoms with Crippen molar-refractivity contribution >= 4 is 39.7 Å². The number of ether oxygens (including phenoxy) is 1. The Bertz CT molecular complexity index is 1020. The molecule has 2 aromatic heterocycles. The quantitative estimate of drug-likeness (QED) is 0.627. The number of fused-ring (bicyclic) bond motifs is 3. The van der Waals surface area contributed by atoms with E-state index < -0.39 is 11.7 Å². The average molecular weight is 411 g/mol. The first kappa shape index (κ1) is 18.9. The van der Waals surface area contributed by atoms with Crippen LogP contribution in [0.4, 0.5) is 13.2 Å². The first-order chi connectivity index (χ1) is 13.4. The van der Waals surface area contributed by atoms with E-state index in [9.17, 15) is 18.0 Å². The van der Waals surface area contributed by atoms with E-state index in [1.54, 1.807) is 0 Å². The number of carbonyl (C=O) groups is 1. The van der Waals surface area contributed by atoms with Gasteiger partial charge in [0.15, 0.2) is 5.65 Å². The SMILES string of the molecule is O=C(CSc1nnc2c(n1)[nH]c1cccc(C(F)(F)F)c12)NCC1CCCO1. The van der Waals surface area contributed by atoms with E-state index in [4.69, 9.17) is 4.74 Å². The predicted molar refractivity (Wildman–Crippen MR) is 96.9 cm³/mol. The van der Waals surface area contributed by atoms with Gasteiger partial charge in [-0.3, -0.25) is 4.79 Å². The van der Waals surface area contributed by atoms with Gasteiger partial charge in [-0.1, -0.05) is 17.8 Å². The molecule has 1 fully saturated rings. The van der Waals surface area contributed by atoms with Crippen LogP contribution in [0, 0.1) is 0 Å². The smallest absolute Gasteiger partial charge is 0.376 e. The summed E-state index contributed by atoms with van der Waals surface area (Å²) in [6.07, 6.45) is -2.53. The third-order valence-electron chi connectivity index (χ3n) is 4.41. The highest BCUT2D eigenvalue weighted by molar-refractivity contribution is 7.99. The molecule has 0 spiro atoms. The summed E-state index contributed by atoms with van der Waals surface area (Å²) in [4.78, 5) is 19.0. The number of aromatic amines is 1. The molecule has 1 aliphatic heterocycles. The molecule has 3 heterocycles. The summed E-state index contributed by atoms with van der Waals surface area (Å²) >= 11 is 1.07. The van der Waals surface area contributed by atoms with Gasteiger partial charge >= 0.3 is 6.18 Å². The Morgan fingerprint density at radius 3 is 2.96 bits per heavy atom. The fourth-order valence-corrected chi connectivity index (χ4v) is 3.73. The molecule has 148 valence electrons. The molecular formula is C17H16F3N5O2S. The van der Waals surface area contributed by atoms with Crippen LogP contribution in [0.3, 0.4) is 0 Å². The van der Waals surface area contributed by atoms with E-state index in [2.05, 4.69) is 25.5 Å². The number of halogens is 3. The van der Waals surface area contributed by atoms with Gasteiger partial charge in [0.1, 0.15) is 5.52 Å². The van der Waals surface area contributed by atoms with Crippen molar-refractivity contribution in [3.63, 3.8) is 0 Å². The number of H-pyrrole nitrogens is 1. The standard InChI is InChI=1S/C17H16F3N5O2S/c18-17(19,20)10-4-1-5-11-13(10)14-15(22-11)23-16(25-24-14)28-8-12(26)21-7-9-3-2-6-27-9/h1,4-5,9H,2-3,6-8H2,(H,21,26)(H,22,23,25). The number of thioether (sulfide) groups is 1. The Morgan fingerprint density at radius 2 is 2.21 bits per heavy atom. The summed E-state index contributed by atoms with van der Waals surface area (Å²) in [7, 11) is 0. The molecule has 1 aliphatic rings. The van der Waals surface area contributed by atoms with Crippen molar-refractivity contribution in [1.29, 1.82) is 0 Å². The molecular weight excluding hydrogens is 395 g/mol. The highest BCUT2D eigenvalue weighted by atomic mass is 32.2. The van der Waals surface area contributed by atoms with Crippen LogP contribution in [0.15, 0.2) is 23.4 Å². The Balaban J connectivity index is 1.49. The fourth-order valence-electron chi connectivity index (χ4n) is 3.12. The minimum Gasteiger partial charge on any atom is -0.376 e. The molecule has 1 saturated heterocycles.